The van der Waals surface area contributed by atoms with Crippen molar-refractivity contribution in [2.24, 2.45) is 0 Å². The third-order valence-electron chi connectivity index (χ3n) is 2.60. The third kappa shape index (κ3) is 6.01. The fourth-order valence-electron chi connectivity index (χ4n) is 1.57. The summed E-state index contributed by atoms with van der Waals surface area (Å²) >= 11 is 6.52. The lowest BCUT2D eigenvalue weighted by molar-refractivity contribution is 0.399. The molecule has 1 fully saturated rings. The van der Waals surface area contributed by atoms with E-state index in [2.05, 4.69) is 11.4 Å². The summed E-state index contributed by atoms with van der Waals surface area (Å²) < 4.78 is 18.5. The van der Waals surface area contributed by atoms with Crippen molar-refractivity contribution in [3.63, 3.8) is 0 Å². The van der Waals surface area contributed by atoms with Crippen molar-refractivity contribution >= 4 is 28.3 Å². The molecule has 1 aliphatic rings. The Kier molecular flexibility index (Phi) is 8.50. The summed E-state index contributed by atoms with van der Waals surface area (Å²) in [6, 6.07) is 9.85. The molecule has 0 atom stereocenters. The Morgan fingerprint density at radius 2 is 1.95 bits per heavy atom. The molecule has 0 aliphatic carbocycles. The van der Waals surface area contributed by atoms with Gasteiger partial charge in [0.1, 0.15) is 15.9 Å². The van der Waals surface area contributed by atoms with Gasteiger partial charge in [-0.2, -0.15) is 0 Å². The van der Waals surface area contributed by atoms with Gasteiger partial charge in [0.2, 0.25) is 0 Å². The topological polar surface area (TPSA) is 45.4 Å². The molecule has 0 radical (unpaired) electrons. The number of thiocarbonyl (C=S) groups is 1. The van der Waals surface area contributed by atoms with Crippen molar-refractivity contribution in [1.29, 1.82) is 0 Å². The first-order valence-corrected chi connectivity index (χ1v) is 7.76. The number of nitrogens with one attached hydrogen (secondary N) is 1. The highest BCUT2D eigenvalue weighted by molar-refractivity contribution is 8.25. The number of hydrogen-bond donors (Lipinski definition) is 2. The van der Waals surface area contributed by atoms with E-state index in [0.29, 0.717) is 0 Å². The molecule has 118 valence electrons. The normalized spacial score (nSPS) is 14.5. The Bertz CT molecular complexity index is 595. The minimum absolute atomic E-state index is 0.231. The Labute approximate surface area is 139 Å². The van der Waals surface area contributed by atoms with Gasteiger partial charge in [-0.3, -0.25) is 0 Å². The van der Waals surface area contributed by atoms with Gasteiger partial charge in [-0.05, 0) is 43.3 Å². The van der Waals surface area contributed by atoms with Crippen LogP contribution in [0.2, 0.25) is 0 Å². The maximum absolute atomic E-state index is 12.5. The molecule has 2 aromatic rings. The van der Waals surface area contributed by atoms with Crippen LogP contribution in [0.1, 0.15) is 6.92 Å². The SMILES string of the molecule is C/C=C1\CNC(=S)S1.CO.Fc1ccc(-c2ccco2)cc1. The van der Waals surface area contributed by atoms with Crippen LogP contribution in [0.15, 0.2) is 58.1 Å². The van der Waals surface area contributed by atoms with Crippen molar-refractivity contribution in [2.45, 2.75) is 6.92 Å². The molecule has 3 nitrogen and oxygen atoms in total. The first-order chi connectivity index (χ1) is 10.7. The van der Waals surface area contributed by atoms with Crippen LogP contribution in [0.25, 0.3) is 11.3 Å². The number of aliphatic hydroxyl groups is 1. The van der Waals surface area contributed by atoms with E-state index >= 15 is 0 Å². The number of furan rings is 1. The van der Waals surface area contributed by atoms with Crippen LogP contribution in [0, 0.1) is 5.82 Å². The van der Waals surface area contributed by atoms with E-state index < -0.39 is 0 Å². The molecule has 1 aromatic carbocycles. The zero-order valence-corrected chi connectivity index (χ0v) is 14.0. The molecular weight excluding hydrogens is 321 g/mol. The van der Waals surface area contributed by atoms with Crippen LogP contribution in [0.5, 0.6) is 0 Å². The van der Waals surface area contributed by atoms with E-state index in [0.717, 1.165) is 29.3 Å². The van der Waals surface area contributed by atoms with Crippen LogP contribution >= 0.6 is 24.0 Å². The second-order valence-electron chi connectivity index (χ2n) is 3.98. The monoisotopic (exact) mass is 339 g/mol. The smallest absolute Gasteiger partial charge is 0.138 e. The largest absolute Gasteiger partial charge is 0.464 e. The predicted molar refractivity (Wildman–Crippen MR) is 94.2 cm³/mol. The van der Waals surface area contributed by atoms with Crippen LogP contribution in [0.3, 0.4) is 0 Å². The highest BCUT2D eigenvalue weighted by atomic mass is 32.2. The van der Waals surface area contributed by atoms with Crippen molar-refractivity contribution in [1.82, 2.24) is 5.32 Å². The molecule has 1 aromatic heterocycles. The molecule has 1 aliphatic heterocycles. The fourth-order valence-corrected chi connectivity index (χ4v) is 2.61. The Hall–Kier alpha value is -1.63. The Morgan fingerprint density at radius 3 is 2.36 bits per heavy atom. The van der Waals surface area contributed by atoms with Gasteiger partial charge >= 0.3 is 0 Å². The highest BCUT2D eigenvalue weighted by Crippen LogP contribution is 2.21. The molecule has 2 heterocycles. The van der Waals surface area contributed by atoms with Crippen molar-refractivity contribution in [3.05, 3.63) is 59.5 Å². The Balaban J connectivity index is 0.000000211. The fraction of sp³-hybridized carbons (Fsp3) is 0.188. The molecule has 0 saturated carbocycles. The summed E-state index contributed by atoms with van der Waals surface area (Å²) in [5, 5.41) is 10.0. The van der Waals surface area contributed by atoms with Crippen molar-refractivity contribution < 1.29 is 13.9 Å². The van der Waals surface area contributed by atoms with E-state index in [1.165, 1.54) is 17.0 Å². The molecule has 6 heteroatoms. The highest BCUT2D eigenvalue weighted by Gasteiger charge is 2.09. The molecule has 3 rings (SSSR count). The minimum atomic E-state index is -0.231. The van der Waals surface area contributed by atoms with Gasteiger partial charge in [0.05, 0.1) is 6.26 Å². The molecule has 0 amide bonds. The number of benzene rings is 1. The second-order valence-corrected chi connectivity index (χ2v) is 5.79. The maximum atomic E-state index is 12.5. The number of allylic oxidation sites excluding steroid dienone is 1. The van der Waals surface area contributed by atoms with Gasteiger partial charge in [-0.1, -0.05) is 30.1 Å². The second kappa shape index (κ2) is 10.2. The summed E-state index contributed by atoms with van der Waals surface area (Å²) in [5.41, 5.74) is 0.890. The van der Waals surface area contributed by atoms with Crippen LogP contribution in [-0.2, 0) is 0 Å². The number of rotatable bonds is 1. The quantitative estimate of drug-likeness (QED) is 0.762. The number of thioether (sulfide) groups is 1. The maximum Gasteiger partial charge on any atom is 0.138 e. The van der Waals surface area contributed by atoms with Gasteiger partial charge < -0.3 is 14.8 Å². The summed E-state index contributed by atoms with van der Waals surface area (Å²) in [5.74, 6) is 0.528. The molecule has 2 N–H and O–H groups in total. The zero-order chi connectivity index (χ0) is 16.4. The van der Waals surface area contributed by atoms with Crippen LogP contribution in [-0.4, -0.2) is 23.1 Å². The predicted octanol–water partition coefficient (Wildman–Crippen LogP) is 4.21. The minimum Gasteiger partial charge on any atom is -0.464 e. The van der Waals surface area contributed by atoms with E-state index in [-0.39, 0.29) is 5.82 Å². The van der Waals surface area contributed by atoms with Gasteiger partial charge in [-0.25, -0.2) is 4.39 Å². The van der Waals surface area contributed by atoms with E-state index in [1.807, 2.05) is 13.0 Å². The first-order valence-electron chi connectivity index (χ1n) is 6.54. The van der Waals surface area contributed by atoms with E-state index in [9.17, 15) is 4.39 Å². The molecule has 22 heavy (non-hydrogen) atoms. The van der Waals surface area contributed by atoms with E-state index in [4.69, 9.17) is 21.7 Å². The van der Waals surface area contributed by atoms with Crippen LogP contribution < -0.4 is 5.32 Å². The standard InChI is InChI=1S/C10H7FO.C5H7NS2.CH4O/c11-9-5-3-8(4-6-9)10-2-1-7-12-10;1-2-4-3-6-5(7)8-4;1-2/h1-7H;2H,3H2,1H3,(H,6,7);2H,1H3/b;4-2+;. The average molecular weight is 339 g/mol. The first kappa shape index (κ1) is 18.4. The number of halogens is 1. The summed E-state index contributed by atoms with van der Waals surface area (Å²) in [6.07, 6.45) is 3.68. The number of aliphatic hydroxyl groups excluding tert-OH is 1. The van der Waals surface area contributed by atoms with Gasteiger partial charge in [0, 0.05) is 24.1 Å². The molecule has 1 saturated heterocycles. The summed E-state index contributed by atoms with van der Waals surface area (Å²) in [6.45, 7) is 2.96. The average Bonchev–Trinajstić information content (AvgIpc) is 3.22. The van der Waals surface area contributed by atoms with Crippen molar-refractivity contribution in [2.75, 3.05) is 13.7 Å². The molecule has 0 unspecified atom stereocenters. The van der Waals surface area contributed by atoms with E-state index in [1.54, 1.807) is 36.2 Å². The van der Waals surface area contributed by atoms with Crippen LogP contribution in [0.4, 0.5) is 4.39 Å². The molecule has 0 spiro atoms. The van der Waals surface area contributed by atoms with Crippen molar-refractivity contribution in [3.8, 4) is 11.3 Å². The molecule has 0 bridgehead atoms. The summed E-state index contributed by atoms with van der Waals surface area (Å²) in [7, 11) is 1.00. The third-order valence-corrected chi connectivity index (χ3v) is 3.97. The number of hydrogen-bond acceptors (Lipinski definition) is 4. The zero-order valence-electron chi connectivity index (χ0n) is 12.4. The summed E-state index contributed by atoms with van der Waals surface area (Å²) in [4.78, 5) is 1.33. The van der Waals surface area contributed by atoms with Gasteiger partial charge in [0.15, 0.2) is 0 Å². The van der Waals surface area contributed by atoms with Gasteiger partial charge in [-0.15, -0.1) is 0 Å². The Morgan fingerprint density at radius 1 is 1.27 bits per heavy atom. The lowest BCUT2D eigenvalue weighted by Crippen LogP contribution is -2.09. The lowest BCUT2D eigenvalue weighted by atomic mass is 10.2. The lowest BCUT2D eigenvalue weighted by Gasteiger charge is -1.94. The molecular formula is C16H18FNO2S2. The van der Waals surface area contributed by atoms with Gasteiger partial charge in [0.25, 0.3) is 0 Å².